The zero-order chi connectivity index (χ0) is 19.7. The molecule has 0 fully saturated rings. The van der Waals surface area contributed by atoms with Gasteiger partial charge in [0, 0.05) is 17.3 Å². The SMILES string of the molecule is COc1c(C(C)(C)C)cc(C=Nc2c(C)cccc2C)cc1C(C)(C)C. The maximum absolute atomic E-state index is 5.84. The third-order valence-corrected chi connectivity index (χ3v) is 4.71. The van der Waals surface area contributed by atoms with E-state index in [0.717, 1.165) is 17.0 Å². The summed E-state index contributed by atoms with van der Waals surface area (Å²) < 4.78 is 5.84. The van der Waals surface area contributed by atoms with Crippen molar-refractivity contribution in [1.82, 2.24) is 0 Å². The van der Waals surface area contributed by atoms with Crippen LogP contribution in [0.1, 0.15) is 69.4 Å². The summed E-state index contributed by atoms with van der Waals surface area (Å²) in [7, 11) is 1.77. The van der Waals surface area contributed by atoms with Crippen LogP contribution in [-0.4, -0.2) is 13.3 Å². The van der Waals surface area contributed by atoms with Crippen LogP contribution in [0.5, 0.6) is 5.75 Å². The minimum Gasteiger partial charge on any atom is -0.496 e. The Bertz CT molecular complexity index is 762. The Morgan fingerprint density at radius 1 is 0.846 bits per heavy atom. The van der Waals surface area contributed by atoms with Gasteiger partial charge in [-0.05, 0) is 53.5 Å². The molecule has 0 atom stereocenters. The highest BCUT2D eigenvalue weighted by molar-refractivity contribution is 5.84. The van der Waals surface area contributed by atoms with Crippen molar-refractivity contribution in [3.05, 3.63) is 58.1 Å². The number of methoxy groups -OCH3 is 1. The Morgan fingerprint density at radius 2 is 1.31 bits per heavy atom. The van der Waals surface area contributed by atoms with Crippen molar-refractivity contribution in [1.29, 1.82) is 0 Å². The quantitative estimate of drug-likeness (QED) is 0.567. The lowest BCUT2D eigenvalue weighted by Crippen LogP contribution is -2.19. The lowest BCUT2D eigenvalue weighted by atomic mass is 9.78. The first-order valence-electron chi connectivity index (χ1n) is 9.28. The highest BCUT2D eigenvalue weighted by Gasteiger charge is 2.27. The molecule has 2 heteroatoms. The molecule has 0 N–H and O–H groups in total. The topological polar surface area (TPSA) is 21.6 Å². The fourth-order valence-electron chi connectivity index (χ4n) is 3.21. The molecular weight excluding hydrogens is 318 g/mol. The van der Waals surface area contributed by atoms with E-state index in [1.807, 2.05) is 6.21 Å². The number of nitrogens with zero attached hydrogens (tertiary/aromatic N) is 1. The van der Waals surface area contributed by atoms with Gasteiger partial charge >= 0.3 is 0 Å². The second kappa shape index (κ2) is 7.26. The van der Waals surface area contributed by atoms with Crippen molar-refractivity contribution in [3.8, 4) is 5.75 Å². The van der Waals surface area contributed by atoms with Crippen LogP contribution in [0.25, 0.3) is 0 Å². The van der Waals surface area contributed by atoms with Crippen molar-refractivity contribution in [3.63, 3.8) is 0 Å². The van der Waals surface area contributed by atoms with E-state index in [9.17, 15) is 0 Å². The van der Waals surface area contributed by atoms with Crippen LogP contribution in [0.3, 0.4) is 0 Å². The minimum atomic E-state index is -0.00618. The number of hydrogen-bond donors (Lipinski definition) is 0. The lowest BCUT2D eigenvalue weighted by molar-refractivity contribution is 0.381. The Labute approximate surface area is 159 Å². The molecule has 0 aliphatic heterocycles. The highest BCUT2D eigenvalue weighted by Crippen LogP contribution is 2.40. The van der Waals surface area contributed by atoms with Gasteiger partial charge in [-0.3, -0.25) is 4.99 Å². The molecule has 0 saturated carbocycles. The fourth-order valence-corrected chi connectivity index (χ4v) is 3.21. The first-order valence-corrected chi connectivity index (χ1v) is 9.28. The van der Waals surface area contributed by atoms with Crippen molar-refractivity contribution < 1.29 is 4.74 Å². The Balaban J connectivity index is 2.65. The van der Waals surface area contributed by atoms with E-state index in [1.165, 1.54) is 22.3 Å². The normalized spacial score (nSPS) is 12.7. The van der Waals surface area contributed by atoms with E-state index in [-0.39, 0.29) is 10.8 Å². The third kappa shape index (κ3) is 4.35. The van der Waals surface area contributed by atoms with Crippen LogP contribution in [0.4, 0.5) is 5.69 Å². The molecule has 0 aliphatic carbocycles. The predicted molar refractivity (Wildman–Crippen MR) is 114 cm³/mol. The van der Waals surface area contributed by atoms with Gasteiger partial charge in [0.1, 0.15) is 5.75 Å². The van der Waals surface area contributed by atoms with Crippen molar-refractivity contribution in [2.75, 3.05) is 7.11 Å². The maximum Gasteiger partial charge on any atom is 0.126 e. The predicted octanol–water partition coefficient (Wildman–Crippen LogP) is 6.66. The summed E-state index contributed by atoms with van der Waals surface area (Å²) in [6.07, 6.45) is 1.99. The Kier molecular flexibility index (Phi) is 5.65. The smallest absolute Gasteiger partial charge is 0.126 e. The summed E-state index contributed by atoms with van der Waals surface area (Å²) in [5.74, 6) is 0.995. The standard InChI is InChI=1S/C24H33NO/c1-16-11-10-12-17(2)21(16)25-15-18-13-19(23(3,4)5)22(26-9)20(14-18)24(6,7)8/h10-15H,1-9H3. The van der Waals surface area contributed by atoms with Gasteiger partial charge in [0.05, 0.1) is 12.8 Å². The van der Waals surface area contributed by atoms with Crippen LogP contribution in [0.15, 0.2) is 35.3 Å². The molecule has 2 aromatic carbocycles. The molecule has 0 unspecified atom stereocenters. The monoisotopic (exact) mass is 351 g/mol. The Hall–Kier alpha value is -2.09. The van der Waals surface area contributed by atoms with Crippen LogP contribution in [0.2, 0.25) is 0 Å². The van der Waals surface area contributed by atoms with E-state index in [1.54, 1.807) is 7.11 Å². The number of rotatable bonds is 3. The van der Waals surface area contributed by atoms with Gasteiger partial charge in [-0.25, -0.2) is 0 Å². The molecule has 140 valence electrons. The van der Waals surface area contributed by atoms with Gasteiger partial charge < -0.3 is 4.74 Å². The van der Waals surface area contributed by atoms with Crippen molar-refractivity contribution in [2.45, 2.75) is 66.2 Å². The van der Waals surface area contributed by atoms with Crippen LogP contribution >= 0.6 is 0 Å². The molecule has 2 rings (SSSR count). The summed E-state index contributed by atoms with van der Waals surface area (Å²) in [6, 6.07) is 10.7. The van der Waals surface area contributed by atoms with Crippen molar-refractivity contribution >= 4 is 11.9 Å². The van der Waals surface area contributed by atoms with E-state index < -0.39 is 0 Å². The molecule has 2 nitrogen and oxygen atoms in total. The van der Waals surface area contributed by atoms with E-state index >= 15 is 0 Å². The molecule has 0 bridgehead atoms. The molecular formula is C24H33NO. The fraction of sp³-hybridized carbons (Fsp3) is 0.458. The van der Waals surface area contributed by atoms with Gasteiger partial charge in [-0.1, -0.05) is 59.7 Å². The molecule has 0 heterocycles. The van der Waals surface area contributed by atoms with Crippen LogP contribution < -0.4 is 4.74 Å². The maximum atomic E-state index is 5.84. The molecule has 0 spiro atoms. The zero-order valence-electron chi connectivity index (χ0n) is 17.8. The summed E-state index contributed by atoms with van der Waals surface area (Å²) in [5.41, 5.74) is 6.98. The van der Waals surface area contributed by atoms with Gasteiger partial charge in [-0.15, -0.1) is 0 Å². The second-order valence-electron chi connectivity index (χ2n) is 9.15. The van der Waals surface area contributed by atoms with Crippen LogP contribution in [-0.2, 0) is 10.8 Å². The highest BCUT2D eigenvalue weighted by atomic mass is 16.5. The number of ether oxygens (including phenoxy) is 1. The summed E-state index contributed by atoms with van der Waals surface area (Å²) in [4.78, 5) is 4.81. The summed E-state index contributed by atoms with van der Waals surface area (Å²) in [6.45, 7) is 17.6. The number of para-hydroxylation sites is 1. The first kappa shape index (κ1) is 20.2. The summed E-state index contributed by atoms with van der Waals surface area (Å²) in [5, 5.41) is 0. The largest absolute Gasteiger partial charge is 0.496 e. The van der Waals surface area contributed by atoms with Gasteiger partial charge in [0.25, 0.3) is 0 Å². The molecule has 0 saturated heterocycles. The number of aliphatic imine (C=N–C) groups is 1. The summed E-state index contributed by atoms with van der Waals surface area (Å²) >= 11 is 0. The average molecular weight is 352 g/mol. The van der Waals surface area contributed by atoms with Gasteiger partial charge in [0.15, 0.2) is 0 Å². The third-order valence-electron chi connectivity index (χ3n) is 4.71. The number of aryl methyl sites for hydroxylation is 2. The molecule has 26 heavy (non-hydrogen) atoms. The van der Waals surface area contributed by atoms with E-state index in [4.69, 9.17) is 9.73 Å². The van der Waals surface area contributed by atoms with Crippen molar-refractivity contribution in [2.24, 2.45) is 4.99 Å². The van der Waals surface area contributed by atoms with Gasteiger partial charge in [0.2, 0.25) is 0 Å². The molecule has 0 aliphatic rings. The average Bonchev–Trinajstić information content (AvgIpc) is 2.51. The molecule has 0 radical (unpaired) electrons. The Morgan fingerprint density at radius 3 is 1.69 bits per heavy atom. The van der Waals surface area contributed by atoms with E-state index in [2.05, 4.69) is 85.7 Å². The molecule has 0 aromatic heterocycles. The lowest BCUT2D eigenvalue weighted by Gasteiger charge is -2.29. The molecule has 2 aromatic rings. The number of benzene rings is 2. The second-order valence-corrected chi connectivity index (χ2v) is 9.15. The zero-order valence-corrected chi connectivity index (χ0v) is 17.8. The molecule has 0 amide bonds. The van der Waals surface area contributed by atoms with Crippen LogP contribution in [0, 0.1) is 13.8 Å². The van der Waals surface area contributed by atoms with Gasteiger partial charge in [-0.2, -0.15) is 0 Å². The number of hydrogen-bond acceptors (Lipinski definition) is 2. The first-order chi connectivity index (χ1) is 11.9. The van der Waals surface area contributed by atoms with E-state index in [0.29, 0.717) is 0 Å². The minimum absolute atomic E-state index is 0.00618.